The molecule has 3 aromatic rings. The van der Waals surface area contributed by atoms with E-state index in [1.165, 1.54) is 0 Å². The normalized spacial score (nSPS) is 16.0. The Bertz CT molecular complexity index is 1080. The Labute approximate surface area is 170 Å². The topological polar surface area (TPSA) is 81.2 Å². The minimum atomic E-state index is -0.114. The predicted molar refractivity (Wildman–Crippen MR) is 112 cm³/mol. The van der Waals surface area contributed by atoms with Crippen LogP contribution in [0.1, 0.15) is 50.6 Å². The molecule has 0 saturated carbocycles. The summed E-state index contributed by atoms with van der Waals surface area (Å²) in [7, 11) is 0. The fourth-order valence-electron chi connectivity index (χ4n) is 3.97. The van der Waals surface area contributed by atoms with E-state index in [4.69, 9.17) is 0 Å². The van der Waals surface area contributed by atoms with Gasteiger partial charge < -0.3 is 4.90 Å². The molecule has 3 aromatic heterocycles. The minimum absolute atomic E-state index is 0.0391. The number of hydrogen-bond acceptors (Lipinski definition) is 6. The lowest BCUT2D eigenvalue weighted by Crippen LogP contribution is -2.38. The zero-order valence-corrected chi connectivity index (χ0v) is 17.9. The average molecular weight is 396 g/mol. The van der Waals surface area contributed by atoms with Crippen LogP contribution in [0.25, 0.3) is 5.78 Å². The van der Waals surface area contributed by atoms with Crippen molar-refractivity contribution in [1.82, 2.24) is 29.1 Å². The largest absolute Gasteiger partial charge is 0.356 e. The third-order valence-electron chi connectivity index (χ3n) is 5.89. The van der Waals surface area contributed by atoms with Gasteiger partial charge in [-0.2, -0.15) is 14.6 Å². The number of rotatable bonds is 3. The van der Waals surface area contributed by atoms with Crippen molar-refractivity contribution in [1.29, 1.82) is 0 Å². The van der Waals surface area contributed by atoms with E-state index in [1.54, 1.807) is 23.3 Å². The highest BCUT2D eigenvalue weighted by molar-refractivity contribution is 5.54. The summed E-state index contributed by atoms with van der Waals surface area (Å²) >= 11 is 0. The predicted octanol–water partition coefficient (Wildman–Crippen LogP) is 2.51. The monoisotopic (exact) mass is 395 g/mol. The molecule has 1 aliphatic heterocycles. The van der Waals surface area contributed by atoms with Gasteiger partial charge in [-0.05, 0) is 32.6 Å². The van der Waals surface area contributed by atoms with Crippen molar-refractivity contribution in [3.05, 3.63) is 46.0 Å². The van der Waals surface area contributed by atoms with E-state index in [1.807, 2.05) is 11.4 Å². The van der Waals surface area contributed by atoms with Crippen molar-refractivity contribution < 1.29 is 0 Å². The van der Waals surface area contributed by atoms with Crippen LogP contribution in [-0.4, -0.2) is 42.2 Å². The van der Waals surface area contributed by atoms with Crippen LogP contribution in [-0.2, 0) is 12.0 Å². The molecule has 0 aromatic carbocycles. The maximum Gasteiger partial charge on any atom is 0.254 e. The SMILES string of the molecule is Cc1nc2ncnn2c(N2CCC(Cn3cnc(C(C)(C)C)cc3=O)CC2)c1C. The lowest BCUT2D eigenvalue weighted by atomic mass is 9.92. The first-order valence-electron chi connectivity index (χ1n) is 10.2. The summed E-state index contributed by atoms with van der Waals surface area (Å²) in [5, 5.41) is 4.37. The van der Waals surface area contributed by atoms with Gasteiger partial charge in [-0.1, -0.05) is 20.8 Å². The van der Waals surface area contributed by atoms with E-state index in [-0.39, 0.29) is 11.0 Å². The molecule has 1 fully saturated rings. The molecule has 0 N–H and O–H groups in total. The van der Waals surface area contributed by atoms with Crippen molar-refractivity contribution in [3.63, 3.8) is 0 Å². The second-order valence-electron chi connectivity index (χ2n) is 9.06. The molecule has 29 heavy (non-hydrogen) atoms. The second-order valence-corrected chi connectivity index (χ2v) is 9.06. The number of aryl methyl sites for hydroxylation is 1. The molecular formula is C21H29N7O. The summed E-state index contributed by atoms with van der Waals surface area (Å²) < 4.78 is 3.59. The molecule has 0 aliphatic carbocycles. The maximum absolute atomic E-state index is 12.5. The quantitative estimate of drug-likeness (QED) is 0.678. The Morgan fingerprint density at radius 1 is 1.14 bits per heavy atom. The van der Waals surface area contributed by atoms with E-state index in [2.05, 4.69) is 52.6 Å². The van der Waals surface area contributed by atoms with Gasteiger partial charge in [-0.25, -0.2) is 9.97 Å². The van der Waals surface area contributed by atoms with Crippen LogP contribution in [0.15, 0.2) is 23.5 Å². The van der Waals surface area contributed by atoms with Gasteiger partial charge in [0.05, 0.1) is 12.0 Å². The molecule has 0 radical (unpaired) electrons. The highest BCUT2D eigenvalue weighted by Gasteiger charge is 2.25. The van der Waals surface area contributed by atoms with E-state index >= 15 is 0 Å². The van der Waals surface area contributed by atoms with Crippen LogP contribution in [0.5, 0.6) is 0 Å². The number of aromatic nitrogens is 6. The fourth-order valence-corrected chi connectivity index (χ4v) is 3.97. The van der Waals surface area contributed by atoms with Crippen molar-refractivity contribution >= 4 is 11.6 Å². The molecule has 0 spiro atoms. The number of nitrogens with zero attached hydrogens (tertiary/aromatic N) is 7. The van der Waals surface area contributed by atoms with E-state index in [9.17, 15) is 4.79 Å². The third kappa shape index (κ3) is 3.75. The molecule has 154 valence electrons. The molecule has 0 unspecified atom stereocenters. The molecule has 4 rings (SSSR count). The van der Waals surface area contributed by atoms with E-state index in [0.717, 1.165) is 55.2 Å². The lowest BCUT2D eigenvalue weighted by molar-refractivity contribution is 0.348. The first kappa shape index (κ1) is 19.5. The second kappa shape index (κ2) is 7.24. The van der Waals surface area contributed by atoms with Crippen molar-refractivity contribution in [2.45, 2.75) is 59.4 Å². The fraction of sp³-hybridized carbons (Fsp3) is 0.571. The Hall–Kier alpha value is -2.77. The van der Waals surface area contributed by atoms with Gasteiger partial charge in [0.25, 0.3) is 11.3 Å². The van der Waals surface area contributed by atoms with Crippen LogP contribution < -0.4 is 10.5 Å². The zero-order valence-electron chi connectivity index (χ0n) is 17.9. The molecule has 1 aliphatic rings. The van der Waals surface area contributed by atoms with Gasteiger partial charge in [-0.3, -0.25) is 9.36 Å². The molecule has 0 amide bonds. The minimum Gasteiger partial charge on any atom is -0.356 e. The van der Waals surface area contributed by atoms with E-state index < -0.39 is 0 Å². The molecule has 1 saturated heterocycles. The van der Waals surface area contributed by atoms with Crippen LogP contribution in [0.3, 0.4) is 0 Å². The maximum atomic E-state index is 12.5. The van der Waals surface area contributed by atoms with Gasteiger partial charge in [0.15, 0.2) is 0 Å². The Morgan fingerprint density at radius 3 is 2.52 bits per heavy atom. The van der Waals surface area contributed by atoms with Crippen LogP contribution >= 0.6 is 0 Å². The summed E-state index contributed by atoms with van der Waals surface area (Å²) in [5.41, 5.74) is 2.89. The molecule has 0 atom stereocenters. The first-order valence-corrected chi connectivity index (χ1v) is 10.2. The summed E-state index contributed by atoms with van der Waals surface area (Å²) in [6, 6.07) is 1.68. The Morgan fingerprint density at radius 2 is 1.86 bits per heavy atom. The standard InChI is InChI=1S/C21H29N7O/c1-14-15(2)25-20-22-12-24-28(20)19(14)26-8-6-16(7-9-26)11-27-13-23-17(10-18(27)29)21(3,4)5/h10,12-13,16H,6-9,11H2,1-5H3. The number of hydrogen-bond donors (Lipinski definition) is 0. The zero-order chi connectivity index (χ0) is 20.8. The molecule has 8 nitrogen and oxygen atoms in total. The molecule has 8 heteroatoms. The van der Waals surface area contributed by atoms with Gasteiger partial charge in [0.1, 0.15) is 12.1 Å². The van der Waals surface area contributed by atoms with Crippen molar-refractivity contribution in [2.75, 3.05) is 18.0 Å². The summed E-state index contributed by atoms with van der Waals surface area (Å²) in [6.07, 6.45) is 5.30. The highest BCUT2D eigenvalue weighted by Crippen LogP contribution is 2.28. The summed E-state index contributed by atoms with van der Waals surface area (Å²) in [6.45, 7) is 12.9. The van der Waals surface area contributed by atoms with Gasteiger partial charge in [-0.15, -0.1) is 0 Å². The lowest BCUT2D eigenvalue weighted by Gasteiger charge is -2.34. The smallest absolute Gasteiger partial charge is 0.254 e. The highest BCUT2D eigenvalue weighted by atomic mass is 16.1. The number of fused-ring (bicyclic) bond motifs is 1. The summed E-state index contributed by atoms with van der Waals surface area (Å²) in [5.74, 6) is 2.18. The van der Waals surface area contributed by atoms with Crippen LogP contribution in [0, 0.1) is 19.8 Å². The summed E-state index contributed by atoms with van der Waals surface area (Å²) in [4.78, 5) is 28.2. The molecule has 0 bridgehead atoms. The van der Waals surface area contributed by atoms with E-state index in [0.29, 0.717) is 11.7 Å². The molecule has 4 heterocycles. The molecular weight excluding hydrogens is 366 g/mol. The first-order chi connectivity index (χ1) is 13.7. The third-order valence-corrected chi connectivity index (χ3v) is 5.89. The number of anilines is 1. The Kier molecular flexibility index (Phi) is 4.88. The van der Waals surface area contributed by atoms with Crippen LogP contribution in [0.4, 0.5) is 5.82 Å². The Balaban J connectivity index is 1.48. The van der Waals surface area contributed by atoms with Crippen molar-refractivity contribution in [3.8, 4) is 0 Å². The van der Waals surface area contributed by atoms with Gasteiger partial charge in [0.2, 0.25) is 0 Å². The average Bonchev–Trinajstić information content (AvgIpc) is 3.12. The van der Waals surface area contributed by atoms with Crippen LogP contribution in [0.2, 0.25) is 0 Å². The van der Waals surface area contributed by atoms with Gasteiger partial charge >= 0.3 is 0 Å². The van der Waals surface area contributed by atoms with Crippen molar-refractivity contribution in [2.24, 2.45) is 5.92 Å². The van der Waals surface area contributed by atoms with Gasteiger partial charge in [0, 0.05) is 42.4 Å². The number of piperidine rings is 1.